The Hall–Kier alpha value is -1.20. The van der Waals surface area contributed by atoms with Crippen molar-refractivity contribution < 1.29 is 13.2 Å². The minimum absolute atomic E-state index is 0.0951. The molecule has 1 aromatic heterocycles. The molecule has 90 valence electrons. The van der Waals surface area contributed by atoms with Gasteiger partial charge in [-0.3, -0.25) is 9.89 Å². The third kappa shape index (κ3) is 1.76. The molecule has 0 unspecified atom stereocenters. The van der Waals surface area contributed by atoms with E-state index in [2.05, 4.69) is 5.10 Å². The van der Waals surface area contributed by atoms with Crippen LogP contribution in [0.3, 0.4) is 0 Å². The average molecular weight is 234 g/mol. The van der Waals surface area contributed by atoms with Crippen molar-refractivity contribution in [3.63, 3.8) is 0 Å². The minimum atomic E-state index is -4.48. The maximum atomic E-state index is 12.5. The van der Waals surface area contributed by atoms with Crippen LogP contribution in [0.2, 0.25) is 0 Å². The van der Waals surface area contributed by atoms with E-state index < -0.39 is 17.4 Å². The second-order valence-corrected chi connectivity index (χ2v) is 4.22. The van der Waals surface area contributed by atoms with E-state index in [-0.39, 0.29) is 11.6 Å². The fourth-order valence-electron chi connectivity index (χ4n) is 2.24. The molecule has 0 atom stereocenters. The van der Waals surface area contributed by atoms with Crippen LogP contribution in [0.4, 0.5) is 13.2 Å². The number of nitrogens with zero attached hydrogens (tertiary/aromatic N) is 1. The first kappa shape index (κ1) is 11.3. The average Bonchev–Trinajstić information content (AvgIpc) is 2.75. The van der Waals surface area contributed by atoms with Crippen molar-refractivity contribution in [2.75, 3.05) is 0 Å². The van der Waals surface area contributed by atoms with Crippen LogP contribution < -0.4 is 5.56 Å². The van der Waals surface area contributed by atoms with Crippen molar-refractivity contribution in [1.82, 2.24) is 9.78 Å². The third-order valence-corrected chi connectivity index (χ3v) is 3.12. The van der Waals surface area contributed by atoms with E-state index in [0.29, 0.717) is 0 Å². The van der Waals surface area contributed by atoms with E-state index in [0.717, 1.165) is 30.4 Å². The number of nitrogens with one attached hydrogen (secondary N) is 1. The maximum absolute atomic E-state index is 12.5. The van der Waals surface area contributed by atoms with Gasteiger partial charge in [-0.05, 0) is 19.8 Å². The molecular weight excluding hydrogens is 221 g/mol. The molecule has 0 aromatic carbocycles. The normalized spacial score (nSPS) is 18.2. The Labute approximate surface area is 90.2 Å². The molecular formula is C10H13F3N2O. The summed E-state index contributed by atoms with van der Waals surface area (Å²) in [6, 6.07) is -0.0951. The summed E-state index contributed by atoms with van der Waals surface area (Å²) in [4.78, 5) is 11.7. The van der Waals surface area contributed by atoms with Crippen molar-refractivity contribution in [3.05, 3.63) is 21.6 Å². The summed E-state index contributed by atoms with van der Waals surface area (Å²) in [6.07, 6.45) is -0.992. The number of H-pyrrole nitrogens is 1. The first-order chi connectivity index (χ1) is 7.41. The second kappa shape index (κ2) is 3.68. The van der Waals surface area contributed by atoms with Gasteiger partial charge >= 0.3 is 6.18 Å². The van der Waals surface area contributed by atoms with Gasteiger partial charge in [-0.25, -0.2) is 4.68 Å². The number of rotatable bonds is 1. The highest BCUT2D eigenvalue weighted by Crippen LogP contribution is 2.32. The smallest absolute Gasteiger partial charge is 0.291 e. The van der Waals surface area contributed by atoms with E-state index >= 15 is 0 Å². The maximum Gasteiger partial charge on any atom is 0.433 e. The zero-order chi connectivity index (χ0) is 11.9. The first-order valence-electron chi connectivity index (χ1n) is 5.29. The lowest BCUT2D eigenvalue weighted by Gasteiger charge is -2.10. The Kier molecular flexibility index (Phi) is 2.59. The molecule has 0 amide bonds. The Morgan fingerprint density at radius 1 is 1.31 bits per heavy atom. The second-order valence-electron chi connectivity index (χ2n) is 4.22. The largest absolute Gasteiger partial charge is 0.433 e. The zero-order valence-electron chi connectivity index (χ0n) is 8.90. The monoisotopic (exact) mass is 234 g/mol. The van der Waals surface area contributed by atoms with Gasteiger partial charge in [-0.1, -0.05) is 12.8 Å². The highest BCUT2D eigenvalue weighted by Gasteiger charge is 2.37. The van der Waals surface area contributed by atoms with Gasteiger partial charge in [0, 0.05) is 5.56 Å². The van der Waals surface area contributed by atoms with Crippen LogP contribution in [0, 0.1) is 6.92 Å². The third-order valence-electron chi connectivity index (χ3n) is 3.12. The van der Waals surface area contributed by atoms with Crippen LogP contribution in [0.1, 0.15) is 43.0 Å². The van der Waals surface area contributed by atoms with E-state index in [4.69, 9.17) is 0 Å². The van der Waals surface area contributed by atoms with Gasteiger partial charge in [0.2, 0.25) is 0 Å². The predicted octanol–water partition coefficient (Wildman–Crippen LogP) is 2.62. The van der Waals surface area contributed by atoms with Gasteiger partial charge in [-0.2, -0.15) is 13.2 Å². The van der Waals surface area contributed by atoms with Crippen molar-refractivity contribution >= 4 is 0 Å². The molecule has 0 saturated heterocycles. The van der Waals surface area contributed by atoms with Gasteiger partial charge in [0.1, 0.15) is 5.69 Å². The van der Waals surface area contributed by atoms with Crippen molar-refractivity contribution in [1.29, 1.82) is 0 Å². The van der Waals surface area contributed by atoms with Crippen LogP contribution in [0.25, 0.3) is 0 Å². The van der Waals surface area contributed by atoms with Gasteiger partial charge in [0.15, 0.2) is 0 Å². The molecule has 0 bridgehead atoms. The molecule has 1 N–H and O–H groups in total. The number of aromatic amines is 1. The summed E-state index contributed by atoms with van der Waals surface area (Å²) in [5.74, 6) is 0. The van der Waals surface area contributed by atoms with Crippen LogP contribution in [0.15, 0.2) is 4.79 Å². The standard InChI is InChI=1S/C10H13F3N2O/c1-6-8(10(11,12)13)14-15(9(6)16)7-4-2-3-5-7/h7,14H,2-5H2,1H3. The number of aromatic nitrogens is 2. The molecule has 3 nitrogen and oxygen atoms in total. The molecule has 0 spiro atoms. The number of halogens is 3. The lowest BCUT2D eigenvalue weighted by atomic mass is 10.2. The molecule has 1 aromatic rings. The highest BCUT2D eigenvalue weighted by molar-refractivity contribution is 5.18. The van der Waals surface area contributed by atoms with E-state index in [1.165, 1.54) is 6.92 Å². The summed E-state index contributed by atoms with van der Waals surface area (Å²) in [5.41, 5.74) is -1.69. The predicted molar refractivity (Wildman–Crippen MR) is 52.3 cm³/mol. The molecule has 1 saturated carbocycles. The minimum Gasteiger partial charge on any atom is -0.291 e. The summed E-state index contributed by atoms with van der Waals surface area (Å²) in [6.45, 7) is 1.22. The molecule has 1 fully saturated rings. The van der Waals surface area contributed by atoms with E-state index in [9.17, 15) is 18.0 Å². The molecule has 2 rings (SSSR count). The van der Waals surface area contributed by atoms with Gasteiger partial charge in [-0.15, -0.1) is 0 Å². The van der Waals surface area contributed by atoms with Gasteiger partial charge in [0.25, 0.3) is 5.56 Å². The molecule has 6 heteroatoms. The summed E-state index contributed by atoms with van der Waals surface area (Å²) in [5, 5.41) is 2.21. The summed E-state index contributed by atoms with van der Waals surface area (Å²) < 4.78 is 38.8. The van der Waals surface area contributed by atoms with Gasteiger partial charge < -0.3 is 0 Å². The molecule has 1 aliphatic carbocycles. The highest BCUT2D eigenvalue weighted by atomic mass is 19.4. The Morgan fingerprint density at radius 3 is 2.31 bits per heavy atom. The fraction of sp³-hybridized carbons (Fsp3) is 0.700. The molecule has 0 aliphatic heterocycles. The zero-order valence-corrected chi connectivity index (χ0v) is 8.90. The lowest BCUT2D eigenvalue weighted by Crippen LogP contribution is -2.21. The SMILES string of the molecule is Cc1c(C(F)(F)F)[nH]n(C2CCCC2)c1=O. The topological polar surface area (TPSA) is 37.8 Å². The van der Waals surface area contributed by atoms with Crippen LogP contribution >= 0.6 is 0 Å². The molecule has 1 aliphatic rings. The Morgan fingerprint density at radius 2 is 1.88 bits per heavy atom. The lowest BCUT2D eigenvalue weighted by molar-refractivity contribution is -0.142. The van der Waals surface area contributed by atoms with Crippen LogP contribution in [0.5, 0.6) is 0 Å². The van der Waals surface area contributed by atoms with Crippen LogP contribution in [-0.4, -0.2) is 9.78 Å². The van der Waals surface area contributed by atoms with Crippen molar-refractivity contribution in [3.8, 4) is 0 Å². The van der Waals surface area contributed by atoms with Crippen LogP contribution in [-0.2, 0) is 6.18 Å². The van der Waals surface area contributed by atoms with E-state index in [1.807, 2.05) is 0 Å². The Balaban J connectivity index is 2.45. The summed E-state index contributed by atoms with van der Waals surface area (Å²) in [7, 11) is 0. The van der Waals surface area contributed by atoms with E-state index in [1.54, 1.807) is 0 Å². The number of alkyl halides is 3. The molecule has 1 heterocycles. The molecule has 16 heavy (non-hydrogen) atoms. The first-order valence-corrected chi connectivity index (χ1v) is 5.29. The van der Waals surface area contributed by atoms with Gasteiger partial charge in [0.05, 0.1) is 6.04 Å². The summed E-state index contributed by atoms with van der Waals surface area (Å²) >= 11 is 0. The quantitative estimate of drug-likeness (QED) is 0.796. The van der Waals surface area contributed by atoms with Crippen molar-refractivity contribution in [2.24, 2.45) is 0 Å². The number of hydrogen-bond donors (Lipinski definition) is 1. The molecule has 0 radical (unpaired) electrons. The van der Waals surface area contributed by atoms with Crippen molar-refractivity contribution in [2.45, 2.75) is 44.8 Å². The fourth-order valence-corrected chi connectivity index (χ4v) is 2.24. The number of hydrogen-bond acceptors (Lipinski definition) is 1. The Bertz CT molecular complexity index is 438.